The van der Waals surface area contributed by atoms with Crippen LogP contribution in [0.3, 0.4) is 0 Å². The standard InChI is InChI=1S/C13H11F5N4O/c1-12(14,15)8-2-7(3-20-4-8)9-5-21-11(19)22-10(9)23-6-13(16,17)18/h2-5H,6H2,1H3,(H2,19,21,22). The summed E-state index contributed by atoms with van der Waals surface area (Å²) in [5.74, 6) is -3.94. The molecule has 2 heterocycles. The van der Waals surface area contributed by atoms with Gasteiger partial charge in [0.05, 0.1) is 5.56 Å². The zero-order valence-electron chi connectivity index (χ0n) is 11.7. The Bertz CT molecular complexity index is 699. The van der Waals surface area contributed by atoms with Gasteiger partial charge in [-0.2, -0.15) is 18.2 Å². The number of pyridine rings is 1. The molecule has 10 heteroatoms. The van der Waals surface area contributed by atoms with Gasteiger partial charge < -0.3 is 10.5 Å². The minimum atomic E-state index is -4.59. The minimum absolute atomic E-state index is 0.0259. The maximum atomic E-state index is 13.3. The fourth-order valence-corrected chi connectivity index (χ4v) is 1.66. The average molecular weight is 334 g/mol. The summed E-state index contributed by atoms with van der Waals surface area (Å²) >= 11 is 0. The van der Waals surface area contributed by atoms with Crippen LogP contribution in [0.2, 0.25) is 0 Å². The van der Waals surface area contributed by atoms with Crippen molar-refractivity contribution in [3.05, 3.63) is 30.2 Å². The summed E-state index contributed by atoms with van der Waals surface area (Å²) in [4.78, 5) is 10.9. The van der Waals surface area contributed by atoms with E-state index in [1.807, 2.05) is 0 Å². The van der Waals surface area contributed by atoms with Gasteiger partial charge in [-0.25, -0.2) is 13.8 Å². The molecule has 2 aromatic rings. The first-order chi connectivity index (χ1) is 10.6. The Labute approximate surface area is 127 Å². The fraction of sp³-hybridized carbons (Fsp3) is 0.308. The van der Waals surface area contributed by atoms with Crippen LogP contribution in [0.25, 0.3) is 11.1 Å². The van der Waals surface area contributed by atoms with Crippen LogP contribution in [-0.2, 0) is 5.92 Å². The molecule has 0 saturated heterocycles. The Morgan fingerprint density at radius 2 is 1.83 bits per heavy atom. The van der Waals surface area contributed by atoms with E-state index in [2.05, 4.69) is 19.7 Å². The van der Waals surface area contributed by atoms with Gasteiger partial charge in [0.2, 0.25) is 11.8 Å². The summed E-state index contributed by atoms with van der Waals surface area (Å²) in [5, 5.41) is 0. The van der Waals surface area contributed by atoms with Crippen molar-refractivity contribution >= 4 is 5.95 Å². The molecule has 0 fully saturated rings. The van der Waals surface area contributed by atoms with Gasteiger partial charge in [-0.3, -0.25) is 4.98 Å². The number of nitrogens with two attached hydrogens (primary N) is 1. The van der Waals surface area contributed by atoms with Gasteiger partial charge >= 0.3 is 6.18 Å². The Kier molecular flexibility index (Phi) is 4.35. The van der Waals surface area contributed by atoms with Gasteiger partial charge in [0.1, 0.15) is 0 Å². The molecule has 0 unspecified atom stereocenters. The van der Waals surface area contributed by atoms with E-state index in [-0.39, 0.29) is 17.1 Å². The Balaban J connectivity index is 2.43. The quantitative estimate of drug-likeness (QED) is 0.870. The highest BCUT2D eigenvalue weighted by Crippen LogP contribution is 2.33. The van der Waals surface area contributed by atoms with Crippen molar-refractivity contribution in [2.24, 2.45) is 0 Å². The third-order valence-corrected chi connectivity index (χ3v) is 2.70. The zero-order chi connectivity index (χ0) is 17.3. The summed E-state index contributed by atoms with van der Waals surface area (Å²) in [6, 6.07) is 1.07. The molecule has 5 nitrogen and oxygen atoms in total. The van der Waals surface area contributed by atoms with Crippen molar-refractivity contribution in [3.63, 3.8) is 0 Å². The number of anilines is 1. The lowest BCUT2D eigenvalue weighted by Crippen LogP contribution is -2.20. The molecule has 0 aliphatic rings. The highest BCUT2D eigenvalue weighted by Gasteiger charge is 2.30. The van der Waals surface area contributed by atoms with Crippen LogP contribution in [-0.4, -0.2) is 27.7 Å². The second kappa shape index (κ2) is 5.94. The monoisotopic (exact) mass is 334 g/mol. The van der Waals surface area contributed by atoms with E-state index in [0.29, 0.717) is 6.92 Å². The third kappa shape index (κ3) is 4.47. The summed E-state index contributed by atoms with van der Waals surface area (Å²) < 4.78 is 68.1. The van der Waals surface area contributed by atoms with Crippen LogP contribution in [0.1, 0.15) is 12.5 Å². The molecule has 0 amide bonds. The van der Waals surface area contributed by atoms with Gasteiger partial charge in [0.25, 0.3) is 5.92 Å². The lowest BCUT2D eigenvalue weighted by atomic mass is 10.1. The molecule has 0 spiro atoms. The molecule has 0 atom stereocenters. The maximum absolute atomic E-state index is 13.3. The SMILES string of the molecule is CC(F)(F)c1cncc(-c2cnc(N)nc2OCC(F)(F)F)c1. The van der Waals surface area contributed by atoms with Crippen molar-refractivity contribution in [1.82, 2.24) is 15.0 Å². The molecule has 0 aliphatic heterocycles. The number of rotatable bonds is 4. The van der Waals surface area contributed by atoms with E-state index >= 15 is 0 Å². The zero-order valence-corrected chi connectivity index (χ0v) is 11.7. The van der Waals surface area contributed by atoms with Crippen LogP contribution >= 0.6 is 0 Å². The third-order valence-electron chi connectivity index (χ3n) is 2.70. The van der Waals surface area contributed by atoms with E-state index in [1.54, 1.807) is 0 Å². The van der Waals surface area contributed by atoms with Gasteiger partial charge in [-0.15, -0.1) is 0 Å². The van der Waals surface area contributed by atoms with Gasteiger partial charge in [-0.05, 0) is 6.07 Å². The lowest BCUT2D eigenvalue weighted by Gasteiger charge is -2.14. The number of aromatic nitrogens is 3. The van der Waals surface area contributed by atoms with Gasteiger partial charge in [-0.1, -0.05) is 0 Å². The van der Waals surface area contributed by atoms with Crippen molar-refractivity contribution in [3.8, 4) is 17.0 Å². The highest BCUT2D eigenvalue weighted by molar-refractivity contribution is 5.68. The van der Waals surface area contributed by atoms with Gasteiger partial charge in [0, 0.05) is 36.6 Å². The van der Waals surface area contributed by atoms with Crippen molar-refractivity contribution in [2.45, 2.75) is 19.0 Å². The molecule has 0 aromatic carbocycles. The van der Waals surface area contributed by atoms with E-state index in [9.17, 15) is 22.0 Å². The van der Waals surface area contributed by atoms with Crippen LogP contribution in [0, 0.1) is 0 Å². The normalized spacial score (nSPS) is 12.3. The molecule has 23 heavy (non-hydrogen) atoms. The van der Waals surface area contributed by atoms with Gasteiger partial charge in [0.15, 0.2) is 6.61 Å². The number of ether oxygens (including phenoxy) is 1. The molecule has 2 aromatic heterocycles. The van der Waals surface area contributed by atoms with Crippen molar-refractivity contribution < 1.29 is 26.7 Å². The first-order valence-corrected chi connectivity index (χ1v) is 6.22. The number of halogens is 5. The second-order valence-electron chi connectivity index (χ2n) is 4.70. The Hall–Kier alpha value is -2.52. The maximum Gasteiger partial charge on any atom is 0.422 e. The van der Waals surface area contributed by atoms with Crippen molar-refractivity contribution in [1.29, 1.82) is 0 Å². The lowest BCUT2D eigenvalue weighted by molar-refractivity contribution is -0.154. The van der Waals surface area contributed by atoms with E-state index in [4.69, 9.17) is 5.73 Å². The topological polar surface area (TPSA) is 73.9 Å². The number of nitrogen functional groups attached to an aromatic ring is 1. The second-order valence-corrected chi connectivity index (χ2v) is 4.70. The number of hydrogen-bond donors (Lipinski definition) is 1. The minimum Gasteiger partial charge on any atom is -0.467 e. The molecule has 0 radical (unpaired) electrons. The van der Waals surface area contributed by atoms with E-state index in [1.165, 1.54) is 6.20 Å². The predicted octanol–water partition coefficient (Wildman–Crippen LogP) is 3.17. The van der Waals surface area contributed by atoms with Crippen LogP contribution in [0.4, 0.5) is 27.9 Å². The number of hydrogen-bond acceptors (Lipinski definition) is 5. The summed E-state index contributed by atoms with van der Waals surface area (Å²) in [6.07, 6.45) is -1.36. The molecular formula is C13H11F5N4O. The fourth-order valence-electron chi connectivity index (χ4n) is 1.66. The van der Waals surface area contributed by atoms with E-state index < -0.39 is 30.1 Å². The summed E-state index contributed by atoms with van der Waals surface area (Å²) in [5.41, 5.74) is 4.97. The average Bonchev–Trinajstić information content (AvgIpc) is 2.44. The Morgan fingerprint density at radius 3 is 2.43 bits per heavy atom. The predicted molar refractivity (Wildman–Crippen MR) is 70.8 cm³/mol. The largest absolute Gasteiger partial charge is 0.467 e. The van der Waals surface area contributed by atoms with Crippen LogP contribution < -0.4 is 10.5 Å². The molecule has 124 valence electrons. The van der Waals surface area contributed by atoms with Crippen LogP contribution in [0.15, 0.2) is 24.7 Å². The van der Waals surface area contributed by atoms with E-state index in [0.717, 1.165) is 18.5 Å². The number of nitrogens with zero attached hydrogens (tertiary/aromatic N) is 3. The smallest absolute Gasteiger partial charge is 0.422 e. The molecule has 2 rings (SSSR count). The molecular weight excluding hydrogens is 323 g/mol. The van der Waals surface area contributed by atoms with Crippen molar-refractivity contribution in [2.75, 3.05) is 12.3 Å². The first kappa shape index (κ1) is 16.8. The van der Waals surface area contributed by atoms with Crippen LogP contribution in [0.5, 0.6) is 5.88 Å². The molecule has 2 N–H and O–H groups in total. The summed E-state index contributed by atoms with van der Waals surface area (Å²) in [7, 11) is 0. The Morgan fingerprint density at radius 1 is 1.13 bits per heavy atom. The number of alkyl halides is 5. The molecule has 0 bridgehead atoms. The first-order valence-electron chi connectivity index (χ1n) is 6.22. The highest BCUT2D eigenvalue weighted by atomic mass is 19.4. The molecule has 0 saturated carbocycles. The molecule has 0 aliphatic carbocycles. The summed E-state index contributed by atoms with van der Waals surface area (Å²) in [6.45, 7) is -0.929.